The van der Waals surface area contributed by atoms with E-state index in [9.17, 15) is 5.11 Å². The van der Waals surface area contributed by atoms with Gasteiger partial charge in [0.05, 0.1) is 10.6 Å². The highest BCUT2D eigenvalue weighted by Gasteiger charge is 2.47. The van der Waals surface area contributed by atoms with E-state index in [0.29, 0.717) is 17.4 Å². The summed E-state index contributed by atoms with van der Waals surface area (Å²) in [6.45, 7) is 6.56. The molecule has 1 saturated carbocycles. The SMILES string of the molecule is CC1CC(C)(C)CC1(O)Cc1ccncc1Cl. The van der Waals surface area contributed by atoms with E-state index in [1.807, 2.05) is 6.07 Å². The molecule has 1 N–H and O–H groups in total. The molecule has 2 atom stereocenters. The van der Waals surface area contributed by atoms with Crippen LogP contribution in [0.2, 0.25) is 5.02 Å². The largest absolute Gasteiger partial charge is 0.389 e. The van der Waals surface area contributed by atoms with E-state index < -0.39 is 5.60 Å². The van der Waals surface area contributed by atoms with Crippen LogP contribution in [0.5, 0.6) is 0 Å². The lowest BCUT2D eigenvalue weighted by Gasteiger charge is -2.29. The number of aromatic nitrogens is 1. The van der Waals surface area contributed by atoms with E-state index in [1.54, 1.807) is 12.4 Å². The van der Waals surface area contributed by atoms with Crippen molar-refractivity contribution in [3.8, 4) is 0 Å². The maximum absolute atomic E-state index is 10.8. The highest BCUT2D eigenvalue weighted by Crippen LogP contribution is 2.49. The van der Waals surface area contributed by atoms with Crippen LogP contribution < -0.4 is 0 Å². The highest BCUT2D eigenvalue weighted by atomic mass is 35.5. The molecule has 0 radical (unpaired) electrons. The summed E-state index contributed by atoms with van der Waals surface area (Å²) in [5.41, 5.74) is 0.580. The first-order valence-electron chi connectivity index (χ1n) is 6.13. The predicted molar refractivity (Wildman–Crippen MR) is 70.1 cm³/mol. The monoisotopic (exact) mass is 253 g/mol. The molecule has 0 aromatic carbocycles. The van der Waals surface area contributed by atoms with Crippen molar-refractivity contribution in [1.82, 2.24) is 4.98 Å². The molecule has 1 aromatic rings. The lowest BCUT2D eigenvalue weighted by Crippen LogP contribution is -2.34. The summed E-state index contributed by atoms with van der Waals surface area (Å²) in [6, 6.07) is 1.90. The van der Waals surface area contributed by atoms with Crippen LogP contribution in [-0.2, 0) is 6.42 Å². The summed E-state index contributed by atoms with van der Waals surface area (Å²) in [5, 5.41) is 11.4. The van der Waals surface area contributed by atoms with Gasteiger partial charge in [-0.1, -0.05) is 32.4 Å². The molecule has 0 spiro atoms. The molecule has 2 unspecified atom stereocenters. The second-order valence-corrected chi connectivity index (χ2v) is 6.60. The lowest BCUT2D eigenvalue weighted by atomic mass is 9.85. The van der Waals surface area contributed by atoms with Gasteiger partial charge in [-0.3, -0.25) is 4.98 Å². The smallest absolute Gasteiger partial charge is 0.0719 e. The van der Waals surface area contributed by atoms with E-state index in [-0.39, 0.29) is 5.41 Å². The first kappa shape index (κ1) is 12.8. The van der Waals surface area contributed by atoms with E-state index >= 15 is 0 Å². The maximum Gasteiger partial charge on any atom is 0.0719 e. The van der Waals surface area contributed by atoms with Crippen LogP contribution in [0.25, 0.3) is 0 Å². The van der Waals surface area contributed by atoms with Crippen molar-refractivity contribution in [3.05, 3.63) is 29.0 Å². The Kier molecular flexibility index (Phi) is 3.21. The first-order valence-corrected chi connectivity index (χ1v) is 6.51. The van der Waals surface area contributed by atoms with Gasteiger partial charge in [0.25, 0.3) is 0 Å². The Balaban J connectivity index is 2.21. The molecule has 17 heavy (non-hydrogen) atoms. The standard InChI is InChI=1S/C14H20ClNO/c1-10-6-13(2,3)9-14(10,17)7-11-4-5-16-8-12(11)15/h4-5,8,10,17H,6-7,9H2,1-3H3. The van der Waals surface area contributed by atoms with Gasteiger partial charge in [-0.25, -0.2) is 0 Å². The van der Waals surface area contributed by atoms with E-state index in [0.717, 1.165) is 18.4 Å². The first-order chi connectivity index (χ1) is 7.82. The number of nitrogens with zero attached hydrogens (tertiary/aromatic N) is 1. The summed E-state index contributed by atoms with van der Waals surface area (Å²) in [5.74, 6) is 0.307. The zero-order chi connectivity index (χ0) is 12.7. The molecule has 0 amide bonds. The Morgan fingerprint density at radius 1 is 1.53 bits per heavy atom. The van der Waals surface area contributed by atoms with Crippen molar-refractivity contribution < 1.29 is 5.11 Å². The summed E-state index contributed by atoms with van der Waals surface area (Å²) in [4.78, 5) is 3.98. The minimum Gasteiger partial charge on any atom is -0.389 e. The molecule has 0 aliphatic heterocycles. The van der Waals surface area contributed by atoms with E-state index in [2.05, 4.69) is 25.8 Å². The van der Waals surface area contributed by atoms with Crippen molar-refractivity contribution in [1.29, 1.82) is 0 Å². The molecule has 1 heterocycles. The Hall–Kier alpha value is -0.600. The fourth-order valence-electron chi connectivity index (χ4n) is 3.21. The zero-order valence-electron chi connectivity index (χ0n) is 10.7. The highest BCUT2D eigenvalue weighted by molar-refractivity contribution is 6.31. The van der Waals surface area contributed by atoms with Crippen LogP contribution in [0.3, 0.4) is 0 Å². The van der Waals surface area contributed by atoms with Crippen LogP contribution in [0.15, 0.2) is 18.5 Å². The van der Waals surface area contributed by atoms with Crippen LogP contribution in [0, 0.1) is 11.3 Å². The summed E-state index contributed by atoms with van der Waals surface area (Å²) >= 11 is 6.11. The maximum atomic E-state index is 10.8. The zero-order valence-corrected chi connectivity index (χ0v) is 11.5. The van der Waals surface area contributed by atoms with Gasteiger partial charge in [0, 0.05) is 18.8 Å². The van der Waals surface area contributed by atoms with Crippen LogP contribution in [0.4, 0.5) is 0 Å². The molecule has 1 aromatic heterocycles. The minimum absolute atomic E-state index is 0.216. The molecular formula is C14H20ClNO. The number of halogens is 1. The normalized spacial score (nSPS) is 31.7. The minimum atomic E-state index is -0.630. The number of pyridine rings is 1. The quantitative estimate of drug-likeness (QED) is 0.876. The van der Waals surface area contributed by atoms with Gasteiger partial charge >= 0.3 is 0 Å². The summed E-state index contributed by atoms with van der Waals surface area (Å²) in [6.07, 6.45) is 5.89. The molecule has 2 rings (SSSR count). The van der Waals surface area contributed by atoms with Crippen molar-refractivity contribution in [2.24, 2.45) is 11.3 Å². The third-order valence-electron chi connectivity index (χ3n) is 3.91. The molecule has 1 aliphatic carbocycles. The fourth-order valence-corrected chi connectivity index (χ4v) is 3.39. The van der Waals surface area contributed by atoms with Crippen LogP contribution in [-0.4, -0.2) is 15.7 Å². The summed E-state index contributed by atoms with van der Waals surface area (Å²) in [7, 11) is 0. The molecule has 1 aliphatic rings. The van der Waals surface area contributed by atoms with Gasteiger partial charge in [0.2, 0.25) is 0 Å². The van der Waals surface area contributed by atoms with Gasteiger partial charge in [-0.05, 0) is 35.8 Å². The second-order valence-electron chi connectivity index (χ2n) is 6.19. The Labute approximate surface area is 108 Å². The molecule has 1 fully saturated rings. The van der Waals surface area contributed by atoms with Gasteiger partial charge in [0.15, 0.2) is 0 Å². The topological polar surface area (TPSA) is 33.1 Å². The summed E-state index contributed by atoms with van der Waals surface area (Å²) < 4.78 is 0. The fraction of sp³-hybridized carbons (Fsp3) is 0.643. The molecule has 0 bridgehead atoms. The van der Waals surface area contributed by atoms with E-state index in [4.69, 9.17) is 11.6 Å². The Morgan fingerprint density at radius 3 is 2.76 bits per heavy atom. The van der Waals surface area contributed by atoms with Crippen molar-refractivity contribution in [3.63, 3.8) is 0 Å². The van der Waals surface area contributed by atoms with E-state index in [1.165, 1.54) is 0 Å². The van der Waals surface area contributed by atoms with Gasteiger partial charge in [0.1, 0.15) is 0 Å². The van der Waals surface area contributed by atoms with Crippen molar-refractivity contribution in [2.45, 2.75) is 45.6 Å². The average Bonchev–Trinajstić information content (AvgIpc) is 2.39. The van der Waals surface area contributed by atoms with Crippen LogP contribution >= 0.6 is 11.6 Å². The third-order valence-corrected chi connectivity index (χ3v) is 4.25. The Bertz CT molecular complexity index is 418. The van der Waals surface area contributed by atoms with Crippen LogP contribution in [0.1, 0.15) is 39.2 Å². The number of aliphatic hydroxyl groups is 1. The van der Waals surface area contributed by atoms with Gasteiger partial charge < -0.3 is 5.11 Å². The molecule has 94 valence electrons. The molecule has 2 nitrogen and oxygen atoms in total. The van der Waals surface area contributed by atoms with Crippen molar-refractivity contribution in [2.75, 3.05) is 0 Å². The predicted octanol–water partition coefficient (Wildman–Crippen LogP) is 3.46. The number of hydrogen-bond donors (Lipinski definition) is 1. The molecule has 3 heteroatoms. The number of rotatable bonds is 2. The average molecular weight is 254 g/mol. The second kappa shape index (κ2) is 4.25. The van der Waals surface area contributed by atoms with Gasteiger partial charge in [-0.15, -0.1) is 0 Å². The number of hydrogen-bond acceptors (Lipinski definition) is 2. The van der Waals surface area contributed by atoms with Crippen molar-refractivity contribution >= 4 is 11.6 Å². The van der Waals surface area contributed by atoms with Gasteiger partial charge in [-0.2, -0.15) is 0 Å². The third kappa shape index (κ3) is 2.63. The lowest BCUT2D eigenvalue weighted by molar-refractivity contribution is 0.00446. The Morgan fingerprint density at radius 2 is 2.24 bits per heavy atom. The molecule has 0 saturated heterocycles. The molecular weight excluding hydrogens is 234 g/mol.